The van der Waals surface area contributed by atoms with Crippen LogP contribution in [-0.4, -0.2) is 28.6 Å². The number of thioether (sulfide) groups is 1. The molecule has 0 unspecified atom stereocenters. The summed E-state index contributed by atoms with van der Waals surface area (Å²) >= 11 is 1.53. The molecule has 0 bridgehead atoms. The standard InChI is InChI=1S/C15H17NO2S/c1-12-5-4-6-14(9-12)18-10-13(17)11-19-15-7-2-3-8-16-15/h2-9,13,17H,10-11H2,1H3/t13-/m0/s1. The van der Waals surface area contributed by atoms with Crippen LogP contribution in [0.15, 0.2) is 53.7 Å². The molecule has 0 aliphatic heterocycles. The number of aliphatic hydroxyl groups is 1. The summed E-state index contributed by atoms with van der Waals surface area (Å²) in [5, 5.41) is 10.8. The van der Waals surface area contributed by atoms with Crippen LogP contribution in [-0.2, 0) is 0 Å². The summed E-state index contributed by atoms with van der Waals surface area (Å²) < 4.78 is 5.55. The Labute approximate surface area is 117 Å². The number of nitrogens with zero attached hydrogens (tertiary/aromatic N) is 1. The molecular formula is C15H17NO2S. The fourth-order valence-electron chi connectivity index (χ4n) is 1.56. The largest absolute Gasteiger partial charge is 0.491 e. The zero-order valence-electron chi connectivity index (χ0n) is 10.8. The van der Waals surface area contributed by atoms with Crippen molar-refractivity contribution in [2.45, 2.75) is 18.1 Å². The molecule has 0 spiro atoms. The molecule has 0 saturated carbocycles. The highest BCUT2D eigenvalue weighted by Crippen LogP contribution is 2.16. The molecule has 0 amide bonds. The lowest BCUT2D eigenvalue weighted by molar-refractivity contribution is 0.126. The number of aryl methyl sites for hydroxylation is 1. The zero-order valence-corrected chi connectivity index (χ0v) is 11.6. The second-order valence-corrected chi connectivity index (χ2v) is 5.30. The lowest BCUT2D eigenvalue weighted by atomic mass is 10.2. The molecule has 1 heterocycles. The Balaban J connectivity index is 1.74. The smallest absolute Gasteiger partial charge is 0.119 e. The highest BCUT2D eigenvalue weighted by atomic mass is 32.2. The van der Waals surface area contributed by atoms with Crippen molar-refractivity contribution < 1.29 is 9.84 Å². The van der Waals surface area contributed by atoms with E-state index in [4.69, 9.17) is 4.74 Å². The van der Waals surface area contributed by atoms with E-state index >= 15 is 0 Å². The summed E-state index contributed by atoms with van der Waals surface area (Å²) in [6, 6.07) is 13.6. The SMILES string of the molecule is Cc1cccc(OC[C@H](O)CSc2ccccn2)c1. The molecular weight excluding hydrogens is 258 g/mol. The number of ether oxygens (including phenoxy) is 1. The van der Waals surface area contributed by atoms with Crippen LogP contribution in [0.1, 0.15) is 5.56 Å². The number of aromatic nitrogens is 1. The minimum absolute atomic E-state index is 0.295. The Kier molecular flexibility index (Phi) is 5.24. The van der Waals surface area contributed by atoms with E-state index in [9.17, 15) is 5.11 Å². The lowest BCUT2D eigenvalue weighted by Gasteiger charge is -2.12. The van der Waals surface area contributed by atoms with Crippen molar-refractivity contribution in [2.75, 3.05) is 12.4 Å². The second-order valence-electron chi connectivity index (χ2n) is 4.26. The van der Waals surface area contributed by atoms with Crippen molar-refractivity contribution >= 4 is 11.8 Å². The maximum atomic E-state index is 9.87. The zero-order chi connectivity index (χ0) is 13.5. The highest BCUT2D eigenvalue weighted by Gasteiger charge is 2.07. The average Bonchev–Trinajstić information content (AvgIpc) is 2.44. The van der Waals surface area contributed by atoms with Gasteiger partial charge in [0.05, 0.1) is 11.1 Å². The van der Waals surface area contributed by atoms with Gasteiger partial charge in [0, 0.05) is 11.9 Å². The van der Waals surface area contributed by atoms with Gasteiger partial charge in [-0.05, 0) is 36.8 Å². The van der Waals surface area contributed by atoms with Crippen LogP contribution in [0.5, 0.6) is 5.75 Å². The van der Waals surface area contributed by atoms with Gasteiger partial charge in [0.15, 0.2) is 0 Å². The van der Waals surface area contributed by atoms with Gasteiger partial charge < -0.3 is 9.84 Å². The number of benzene rings is 1. The third kappa shape index (κ3) is 4.93. The molecule has 0 radical (unpaired) electrons. The van der Waals surface area contributed by atoms with Gasteiger partial charge in [-0.2, -0.15) is 0 Å². The van der Waals surface area contributed by atoms with Crippen molar-refractivity contribution in [1.82, 2.24) is 4.98 Å². The predicted octanol–water partition coefficient (Wildman–Crippen LogP) is 2.92. The molecule has 3 nitrogen and oxygen atoms in total. The molecule has 1 aromatic carbocycles. The van der Waals surface area contributed by atoms with Crippen molar-refractivity contribution in [2.24, 2.45) is 0 Å². The lowest BCUT2D eigenvalue weighted by Crippen LogP contribution is -2.20. The number of hydrogen-bond donors (Lipinski definition) is 1. The van der Waals surface area contributed by atoms with Gasteiger partial charge in [0.1, 0.15) is 12.4 Å². The van der Waals surface area contributed by atoms with Crippen LogP contribution in [0, 0.1) is 6.92 Å². The third-order valence-corrected chi connectivity index (χ3v) is 3.58. The summed E-state index contributed by atoms with van der Waals surface area (Å²) in [4.78, 5) is 4.19. The first-order valence-electron chi connectivity index (χ1n) is 6.15. The minimum Gasteiger partial charge on any atom is -0.491 e. The number of hydrogen-bond acceptors (Lipinski definition) is 4. The van der Waals surface area contributed by atoms with Gasteiger partial charge in [-0.3, -0.25) is 0 Å². The highest BCUT2D eigenvalue weighted by molar-refractivity contribution is 7.99. The summed E-state index contributed by atoms with van der Waals surface area (Å²) in [6.07, 6.45) is 1.24. The summed E-state index contributed by atoms with van der Waals surface area (Å²) in [6.45, 7) is 2.31. The van der Waals surface area contributed by atoms with Crippen LogP contribution in [0.3, 0.4) is 0 Å². The first kappa shape index (κ1) is 13.9. The molecule has 0 saturated heterocycles. The maximum Gasteiger partial charge on any atom is 0.119 e. The molecule has 2 rings (SSSR count). The molecule has 2 aromatic rings. The molecule has 1 aromatic heterocycles. The van der Waals surface area contributed by atoms with Crippen LogP contribution in [0.2, 0.25) is 0 Å². The third-order valence-electron chi connectivity index (χ3n) is 2.49. The van der Waals surface area contributed by atoms with E-state index in [-0.39, 0.29) is 0 Å². The van der Waals surface area contributed by atoms with E-state index in [1.807, 2.05) is 49.4 Å². The first-order chi connectivity index (χ1) is 9.24. The molecule has 19 heavy (non-hydrogen) atoms. The van der Waals surface area contributed by atoms with E-state index in [1.165, 1.54) is 11.8 Å². The van der Waals surface area contributed by atoms with E-state index in [0.29, 0.717) is 12.4 Å². The number of pyridine rings is 1. The quantitative estimate of drug-likeness (QED) is 0.823. The Morgan fingerprint density at radius 3 is 2.89 bits per heavy atom. The first-order valence-corrected chi connectivity index (χ1v) is 7.14. The monoisotopic (exact) mass is 275 g/mol. The molecule has 1 N–H and O–H groups in total. The molecule has 100 valence electrons. The van der Waals surface area contributed by atoms with Crippen molar-refractivity contribution in [3.63, 3.8) is 0 Å². The molecule has 4 heteroatoms. The summed E-state index contributed by atoms with van der Waals surface area (Å²) in [5.74, 6) is 1.37. The molecule has 1 atom stereocenters. The van der Waals surface area contributed by atoms with E-state index < -0.39 is 6.10 Å². The van der Waals surface area contributed by atoms with Gasteiger partial charge >= 0.3 is 0 Å². The van der Waals surface area contributed by atoms with Gasteiger partial charge in [-0.25, -0.2) is 4.98 Å². The van der Waals surface area contributed by atoms with Crippen LogP contribution < -0.4 is 4.74 Å². The van der Waals surface area contributed by atoms with Crippen LogP contribution in [0.4, 0.5) is 0 Å². The predicted molar refractivity (Wildman–Crippen MR) is 77.6 cm³/mol. The normalized spacial score (nSPS) is 12.1. The van der Waals surface area contributed by atoms with E-state index in [1.54, 1.807) is 6.20 Å². The molecule has 0 fully saturated rings. The van der Waals surface area contributed by atoms with E-state index in [2.05, 4.69) is 4.98 Å². The minimum atomic E-state index is -0.507. The topological polar surface area (TPSA) is 42.4 Å². The summed E-state index contributed by atoms with van der Waals surface area (Å²) in [5.41, 5.74) is 1.15. The fraction of sp³-hybridized carbons (Fsp3) is 0.267. The van der Waals surface area contributed by atoms with Gasteiger partial charge in [-0.15, -0.1) is 11.8 Å². The van der Waals surface area contributed by atoms with Gasteiger partial charge in [-0.1, -0.05) is 18.2 Å². The van der Waals surface area contributed by atoms with Crippen molar-refractivity contribution in [3.05, 3.63) is 54.2 Å². The Morgan fingerprint density at radius 2 is 2.16 bits per heavy atom. The Bertz CT molecular complexity index is 505. The number of rotatable bonds is 6. The fourth-order valence-corrected chi connectivity index (χ4v) is 2.33. The average molecular weight is 275 g/mol. The van der Waals surface area contributed by atoms with Crippen LogP contribution >= 0.6 is 11.8 Å². The maximum absolute atomic E-state index is 9.87. The van der Waals surface area contributed by atoms with E-state index in [0.717, 1.165) is 16.3 Å². The van der Waals surface area contributed by atoms with Gasteiger partial charge in [0.25, 0.3) is 0 Å². The van der Waals surface area contributed by atoms with Crippen molar-refractivity contribution in [3.8, 4) is 5.75 Å². The molecule has 0 aliphatic carbocycles. The Morgan fingerprint density at radius 1 is 1.26 bits per heavy atom. The Hall–Kier alpha value is -1.52. The molecule has 0 aliphatic rings. The van der Waals surface area contributed by atoms with Gasteiger partial charge in [0.2, 0.25) is 0 Å². The van der Waals surface area contributed by atoms with Crippen molar-refractivity contribution in [1.29, 1.82) is 0 Å². The number of aliphatic hydroxyl groups excluding tert-OH is 1. The summed E-state index contributed by atoms with van der Waals surface area (Å²) in [7, 11) is 0. The van der Waals surface area contributed by atoms with Crippen LogP contribution in [0.25, 0.3) is 0 Å². The second kappa shape index (κ2) is 7.16.